The third kappa shape index (κ3) is 605. The quantitative estimate of drug-likeness (QED) is 0.391. The zero-order chi connectivity index (χ0) is 12.0. The minimum atomic E-state index is 0. The summed E-state index contributed by atoms with van der Waals surface area (Å²) in [6, 6.07) is 0. The topological polar surface area (TPSA) is 102 Å². The van der Waals surface area contributed by atoms with E-state index in [1.807, 2.05) is 0 Å². The van der Waals surface area contributed by atoms with Gasteiger partial charge in [0.15, 0.2) is 0 Å². The van der Waals surface area contributed by atoms with Crippen molar-refractivity contribution in [3.63, 3.8) is 0 Å². The predicted molar refractivity (Wildman–Crippen MR) is 46.9 cm³/mol. The molecule has 0 aromatic rings. The summed E-state index contributed by atoms with van der Waals surface area (Å²) in [5.41, 5.74) is 0. The summed E-state index contributed by atoms with van der Waals surface area (Å²) in [5, 5.41) is 0. The van der Waals surface area contributed by atoms with Gasteiger partial charge in [0.1, 0.15) is 0 Å². The fraction of sp³-hybridized carbons (Fsp3) is 0. The number of carbonyl (C=O) groups excluding carboxylic acids is 6. The standard InChI is InChI=1S/6CHO.CH3.W/c6*1-2;;/h6*1H;1H3;/q7*-1;. The molecule has 0 saturated carbocycles. The Balaban J connectivity index is -0.00000000500. The van der Waals surface area contributed by atoms with Crippen LogP contribution in [0.15, 0.2) is 0 Å². The molecule has 14 heavy (non-hydrogen) atoms. The molecule has 6 nitrogen and oxygen atoms in total. The van der Waals surface area contributed by atoms with Crippen molar-refractivity contribution in [3.8, 4) is 0 Å². The summed E-state index contributed by atoms with van der Waals surface area (Å²) in [6.45, 7) is 19.5. The van der Waals surface area contributed by atoms with Gasteiger partial charge in [-0.25, -0.2) is 0 Å². The van der Waals surface area contributed by atoms with Crippen LogP contribution in [0.25, 0.3) is 0 Å². The van der Waals surface area contributed by atoms with Crippen LogP contribution in [-0.2, 0) is 49.8 Å². The van der Waals surface area contributed by atoms with Crippen LogP contribution in [0.3, 0.4) is 0 Å². The van der Waals surface area contributed by atoms with E-state index in [1.54, 1.807) is 0 Å². The van der Waals surface area contributed by atoms with E-state index in [2.05, 4.69) is 40.7 Å². The van der Waals surface area contributed by atoms with E-state index >= 15 is 0 Å². The maximum Gasteiger partial charge on any atom is 0 e. The molecule has 0 aliphatic rings. The molecule has 0 spiro atoms. The van der Waals surface area contributed by atoms with Gasteiger partial charge in [0, 0.05) is 21.1 Å². The number of hydrogen-bond donors (Lipinski definition) is 0. The van der Waals surface area contributed by atoms with Crippen LogP contribution in [0.2, 0.25) is 0 Å². The van der Waals surface area contributed by atoms with Crippen molar-refractivity contribution in [1.82, 2.24) is 0 Å². The van der Waals surface area contributed by atoms with Crippen molar-refractivity contribution < 1.29 is 49.8 Å². The molecule has 0 aromatic carbocycles. The fourth-order valence-electron chi connectivity index (χ4n) is 0. The van der Waals surface area contributed by atoms with E-state index in [-0.39, 0.29) is 28.5 Å². The van der Waals surface area contributed by atoms with E-state index in [1.165, 1.54) is 0 Å². The maximum absolute atomic E-state index is 7.75. The van der Waals surface area contributed by atoms with Crippen molar-refractivity contribution in [2.24, 2.45) is 0 Å². The normalized spacial score (nSPS) is 1.71. The van der Waals surface area contributed by atoms with E-state index in [9.17, 15) is 0 Å². The molecule has 0 radical (unpaired) electrons. The molecule has 0 N–H and O–H groups in total. The van der Waals surface area contributed by atoms with Gasteiger partial charge in [-0.05, 0) is 0 Å². The molecule has 0 aliphatic heterocycles. The van der Waals surface area contributed by atoms with Gasteiger partial charge in [0.05, 0.1) is 0 Å². The second-order valence-electron chi connectivity index (χ2n) is 0. The first-order valence-corrected chi connectivity index (χ1v) is 1.41. The SMILES string of the molecule is [CH-]=O.[CH-]=O.[CH-]=O.[CH-]=O.[CH-]=O.[CH-]=O.[CH3-].[W]. The van der Waals surface area contributed by atoms with Gasteiger partial charge in [-0.1, -0.05) is 0 Å². The Bertz CT molecular complexity index is 33.7. The van der Waals surface area contributed by atoms with Crippen molar-refractivity contribution in [2.75, 3.05) is 0 Å². The fourth-order valence-corrected chi connectivity index (χ4v) is 0. The second-order valence-corrected chi connectivity index (χ2v) is 0. The van der Waals surface area contributed by atoms with Crippen LogP contribution in [0.5, 0.6) is 0 Å². The minimum Gasteiger partial charge on any atom is -0.545 e. The molecule has 7 heteroatoms. The third-order valence-corrected chi connectivity index (χ3v) is 0. The average Bonchev–Trinajstić information content (AvgIpc) is 2.33. The summed E-state index contributed by atoms with van der Waals surface area (Å²) in [6.07, 6.45) is 0. The molecule has 0 unspecified atom stereocenters. The van der Waals surface area contributed by atoms with Gasteiger partial charge < -0.3 is 36.2 Å². The smallest absolute Gasteiger partial charge is 0 e. The van der Waals surface area contributed by atoms with Crippen LogP contribution in [0, 0.1) is 7.43 Å². The Morgan fingerprint density at radius 3 is 0.357 bits per heavy atom. The van der Waals surface area contributed by atoms with Crippen LogP contribution >= 0.6 is 0 Å². The molecular formula is C7H9O6W-7. The van der Waals surface area contributed by atoms with E-state index in [0.717, 1.165) is 0 Å². The monoisotopic (exact) mass is 373 g/mol. The minimum absolute atomic E-state index is 0. The van der Waals surface area contributed by atoms with Crippen LogP contribution in [0.4, 0.5) is 0 Å². The van der Waals surface area contributed by atoms with Gasteiger partial charge in [-0.15, -0.1) is 0 Å². The molecular weight excluding hydrogens is 364 g/mol. The molecule has 0 aliphatic carbocycles. The van der Waals surface area contributed by atoms with Crippen LogP contribution in [-0.4, -0.2) is 40.7 Å². The summed E-state index contributed by atoms with van der Waals surface area (Å²) < 4.78 is 0. The van der Waals surface area contributed by atoms with Crippen LogP contribution in [0.1, 0.15) is 0 Å². The van der Waals surface area contributed by atoms with E-state index < -0.39 is 0 Å². The van der Waals surface area contributed by atoms with Gasteiger partial charge in [-0.3, -0.25) is 40.7 Å². The maximum atomic E-state index is 7.75. The molecule has 0 atom stereocenters. The van der Waals surface area contributed by atoms with Gasteiger partial charge in [0.25, 0.3) is 0 Å². The number of rotatable bonds is 0. The molecule has 0 fully saturated rings. The third-order valence-electron chi connectivity index (χ3n) is 0. The molecule has 0 aromatic heterocycles. The summed E-state index contributed by atoms with van der Waals surface area (Å²) in [5.74, 6) is 0. The molecule has 0 rings (SSSR count). The van der Waals surface area contributed by atoms with Crippen LogP contribution < -0.4 is 0 Å². The molecule has 0 heterocycles. The predicted octanol–water partition coefficient (Wildman–Crippen LogP) is -1.20. The summed E-state index contributed by atoms with van der Waals surface area (Å²) in [4.78, 5) is 46.5. The van der Waals surface area contributed by atoms with Crippen molar-refractivity contribution in [2.45, 2.75) is 0 Å². The summed E-state index contributed by atoms with van der Waals surface area (Å²) in [7, 11) is 0. The Hall–Kier alpha value is -1.29. The summed E-state index contributed by atoms with van der Waals surface area (Å²) >= 11 is 0. The van der Waals surface area contributed by atoms with E-state index in [0.29, 0.717) is 0 Å². The Morgan fingerprint density at radius 2 is 0.357 bits per heavy atom. The first-order valence-electron chi connectivity index (χ1n) is 1.41. The van der Waals surface area contributed by atoms with Gasteiger partial charge in [0.2, 0.25) is 0 Å². The van der Waals surface area contributed by atoms with E-state index in [4.69, 9.17) is 28.8 Å². The molecule has 0 bridgehead atoms. The molecule has 0 amide bonds. The Labute approximate surface area is 98.3 Å². The van der Waals surface area contributed by atoms with Crippen molar-refractivity contribution >= 4 is 40.7 Å². The average molecular weight is 373 g/mol. The van der Waals surface area contributed by atoms with Gasteiger partial charge >= 0.3 is 0 Å². The Morgan fingerprint density at radius 1 is 0.357 bits per heavy atom. The first kappa shape index (κ1) is 78.6. The second kappa shape index (κ2) is 805. The zero-order valence-corrected chi connectivity index (χ0v) is 10.3. The molecule has 86 valence electrons. The van der Waals surface area contributed by atoms with Crippen molar-refractivity contribution in [3.05, 3.63) is 7.43 Å². The zero-order valence-electron chi connectivity index (χ0n) is 7.32. The number of hydrogen-bond acceptors (Lipinski definition) is 6. The Kier molecular flexibility index (Phi) is 4520. The van der Waals surface area contributed by atoms with Gasteiger partial charge in [-0.2, -0.15) is 0 Å². The van der Waals surface area contributed by atoms with Crippen molar-refractivity contribution in [1.29, 1.82) is 0 Å². The first-order chi connectivity index (χ1) is 6.00. The molecule has 0 saturated heterocycles. The largest absolute Gasteiger partial charge is 0.545 e.